The molecule has 0 amide bonds. The molecule has 0 bridgehead atoms. The van der Waals surface area contributed by atoms with Crippen molar-refractivity contribution in [3.63, 3.8) is 0 Å². The van der Waals surface area contributed by atoms with E-state index in [9.17, 15) is 13.2 Å². The first kappa shape index (κ1) is 13.0. The van der Waals surface area contributed by atoms with Crippen molar-refractivity contribution in [3.8, 4) is 11.5 Å². The summed E-state index contributed by atoms with van der Waals surface area (Å²) in [6, 6.07) is 7.05. The van der Waals surface area contributed by atoms with Gasteiger partial charge in [-0.3, -0.25) is 0 Å². The third kappa shape index (κ3) is 2.67. The Balaban J connectivity index is 2.40. The predicted octanol–water partition coefficient (Wildman–Crippen LogP) is 4.79. The van der Waals surface area contributed by atoms with Gasteiger partial charge < -0.3 is 4.74 Å². The molecule has 2 rings (SSSR count). The molecular formula is C13H8BrF3O. The van der Waals surface area contributed by atoms with Crippen LogP contribution in [0, 0.1) is 17.5 Å². The Labute approximate surface area is 110 Å². The molecule has 0 aliphatic rings. The SMILES string of the molecule is Fc1ccc(F)c(Oc2cccc(F)c2CBr)c1. The lowest BCUT2D eigenvalue weighted by atomic mass is 10.2. The van der Waals surface area contributed by atoms with Crippen LogP contribution in [-0.2, 0) is 5.33 Å². The van der Waals surface area contributed by atoms with Crippen LogP contribution in [0.15, 0.2) is 36.4 Å². The molecule has 5 heteroatoms. The first-order valence-corrected chi connectivity index (χ1v) is 6.20. The number of halogens is 4. The lowest BCUT2D eigenvalue weighted by Crippen LogP contribution is -1.95. The summed E-state index contributed by atoms with van der Waals surface area (Å²) < 4.78 is 45.0. The molecule has 0 atom stereocenters. The third-order valence-electron chi connectivity index (χ3n) is 2.32. The molecule has 0 aliphatic carbocycles. The minimum absolute atomic E-state index is 0.149. The molecule has 0 spiro atoms. The highest BCUT2D eigenvalue weighted by molar-refractivity contribution is 9.08. The Morgan fingerprint density at radius 1 is 0.944 bits per heavy atom. The number of rotatable bonds is 3. The number of hydrogen-bond acceptors (Lipinski definition) is 1. The second-order valence-corrected chi connectivity index (χ2v) is 4.09. The number of hydrogen-bond donors (Lipinski definition) is 0. The van der Waals surface area contributed by atoms with Crippen LogP contribution < -0.4 is 4.74 Å². The summed E-state index contributed by atoms with van der Waals surface area (Å²) in [6.07, 6.45) is 0. The molecule has 0 heterocycles. The molecule has 0 saturated carbocycles. The minimum atomic E-state index is -0.707. The van der Waals surface area contributed by atoms with Gasteiger partial charge in [0, 0.05) is 17.0 Å². The molecule has 0 aromatic heterocycles. The highest BCUT2D eigenvalue weighted by Gasteiger charge is 2.12. The quantitative estimate of drug-likeness (QED) is 0.740. The van der Waals surface area contributed by atoms with E-state index in [2.05, 4.69) is 15.9 Å². The smallest absolute Gasteiger partial charge is 0.165 e. The molecule has 0 saturated heterocycles. The normalized spacial score (nSPS) is 10.4. The lowest BCUT2D eigenvalue weighted by molar-refractivity contribution is 0.429. The number of ether oxygens (including phenoxy) is 1. The topological polar surface area (TPSA) is 9.23 Å². The zero-order valence-electron chi connectivity index (χ0n) is 9.09. The van der Waals surface area contributed by atoms with E-state index in [1.807, 2.05) is 0 Å². The fourth-order valence-electron chi connectivity index (χ4n) is 1.44. The number of alkyl halides is 1. The molecule has 94 valence electrons. The van der Waals surface area contributed by atoms with Crippen molar-refractivity contribution in [3.05, 3.63) is 59.4 Å². The summed E-state index contributed by atoms with van der Waals surface area (Å²) in [4.78, 5) is 0. The molecule has 1 nitrogen and oxygen atoms in total. The van der Waals surface area contributed by atoms with Crippen LogP contribution in [0.5, 0.6) is 11.5 Å². The van der Waals surface area contributed by atoms with Crippen molar-refractivity contribution in [2.45, 2.75) is 5.33 Å². The molecule has 0 N–H and O–H groups in total. The Bertz CT molecular complexity index is 572. The van der Waals surface area contributed by atoms with E-state index in [1.165, 1.54) is 18.2 Å². The average molecular weight is 317 g/mol. The van der Waals surface area contributed by atoms with Crippen LogP contribution in [0.3, 0.4) is 0 Å². The molecule has 0 fully saturated rings. The van der Waals surface area contributed by atoms with Gasteiger partial charge in [-0.2, -0.15) is 0 Å². The van der Waals surface area contributed by atoms with Crippen LogP contribution in [0.25, 0.3) is 0 Å². The van der Waals surface area contributed by atoms with Crippen molar-refractivity contribution < 1.29 is 17.9 Å². The zero-order valence-corrected chi connectivity index (χ0v) is 10.7. The molecule has 0 radical (unpaired) electrons. The van der Waals surface area contributed by atoms with Gasteiger partial charge in [0.15, 0.2) is 11.6 Å². The fraction of sp³-hybridized carbons (Fsp3) is 0.0769. The summed E-state index contributed by atoms with van der Waals surface area (Å²) in [5, 5.41) is 0.214. The van der Waals surface area contributed by atoms with Crippen molar-refractivity contribution in [1.82, 2.24) is 0 Å². The summed E-state index contributed by atoms with van der Waals surface area (Å²) in [7, 11) is 0. The van der Waals surface area contributed by atoms with Crippen LogP contribution in [0.4, 0.5) is 13.2 Å². The van der Waals surface area contributed by atoms with E-state index in [0.717, 1.165) is 18.2 Å². The lowest BCUT2D eigenvalue weighted by Gasteiger charge is -2.10. The van der Waals surface area contributed by atoms with Gasteiger partial charge in [-0.05, 0) is 24.3 Å². The van der Waals surface area contributed by atoms with Crippen molar-refractivity contribution in [1.29, 1.82) is 0 Å². The van der Waals surface area contributed by atoms with E-state index >= 15 is 0 Å². The molecule has 18 heavy (non-hydrogen) atoms. The van der Waals surface area contributed by atoms with E-state index in [0.29, 0.717) is 0 Å². The van der Waals surface area contributed by atoms with Gasteiger partial charge in [-0.1, -0.05) is 22.0 Å². The Morgan fingerprint density at radius 2 is 1.72 bits per heavy atom. The molecule has 0 unspecified atom stereocenters. The second-order valence-electron chi connectivity index (χ2n) is 3.53. The first-order chi connectivity index (χ1) is 8.61. The van der Waals surface area contributed by atoms with Gasteiger partial charge in [0.2, 0.25) is 0 Å². The van der Waals surface area contributed by atoms with E-state index < -0.39 is 17.5 Å². The fourth-order valence-corrected chi connectivity index (χ4v) is 1.98. The zero-order chi connectivity index (χ0) is 13.1. The van der Waals surface area contributed by atoms with Gasteiger partial charge in [0.25, 0.3) is 0 Å². The van der Waals surface area contributed by atoms with Gasteiger partial charge >= 0.3 is 0 Å². The standard InChI is InChI=1S/C13H8BrF3O/c14-7-9-10(16)2-1-3-12(9)18-13-6-8(15)4-5-11(13)17/h1-6H,7H2. The van der Waals surface area contributed by atoms with Crippen LogP contribution in [0.1, 0.15) is 5.56 Å². The van der Waals surface area contributed by atoms with Gasteiger partial charge in [-0.15, -0.1) is 0 Å². The second kappa shape index (κ2) is 5.44. The maximum atomic E-state index is 13.5. The Morgan fingerprint density at radius 3 is 2.44 bits per heavy atom. The predicted molar refractivity (Wildman–Crippen MR) is 65.5 cm³/mol. The summed E-state index contributed by atoms with van der Waals surface area (Å²) in [5.41, 5.74) is 0.251. The van der Waals surface area contributed by atoms with Crippen LogP contribution in [-0.4, -0.2) is 0 Å². The third-order valence-corrected chi connectivity index (χ3v) is 2.88. The summed E-state index contributed by atoms with van der Waals surface area (Å²) >= 11 is 3.12. The van der Waals surface area contributed by atoms with E-state index in [-0.39, 0.29) is 22.4 Å². The van der Waals surface area contributed by atoms with Gasteiger partial charge in [0.05, 0.1) is 0 Å². The van der Waals surface area contributed by atoms with Gasteiger partial charge in [0.1, 0.15) is 17.4 Å². The summed E-state index contributed by atoms with van der Waals surface area (Å²) in [5.74, 6) is -1.93. The van der Waals surface area contributed by atoms with E-state index in [1.54, 1.807) is 0 Å². The molecular weight excluding hydrogens is 309 g/mol. The monoisotopic (exact) mass is 316 g/mol. The van der Waals surface area contributed by atoms with Crippen molar-refractivity contribution >= 4 is 15.9 Å². The van der Waals surface area contributed by atoms with Crippen molar-refractivity contribution in [2.75, 3.05) is 0 Å². The Hall–Kier alpha value is -1.49. The average Bonchev–Trinajstić information content (AvgIpc) is 2.34. The Kier molecular flexibility index (Phi) is 3.91. The maximum Gasteiger partial charge on any atom is 0.165 e. The molecule has 2 aromatic rings. The number of benzene rings is 2. The van der Waals surface area contributed by atoms with Crippen molar-refractivity contribution in [2.24, 2.45) is 0 Å². The van der Waals surface area contributed by atoms with Crippen LogP contribution in [0.2, 0.25) is 0 Å². The van der Waals surface area contributed by atoms with Crippen LogP contribution >= 0.6 is 15.9 Å². The summed E-state index contributed by atoms with van der Waals surface area (Å²) in [6.45, 7) is 0. The highest BCUT2D eigenvalue weighted by Crippen LogP contribution is 2.30. The minimum Gasteiger partial charge on any atom is -0.454 e. The van der Waals surface area contributed by atoms with Gasteiger partial charge in [-0.25, -0.2) is 13.2 Å². The molecule has 0 aliphatic heterocycles. The first-order valence-electron chi connectivity index (χ1n) is 5.08. The highest BCUT2D eigenvalue weighted by atomic mass is 79.9. The van der Waals surface area contributed by atoms with E-state index in [4.69, 9.17) is 4.74 Å². The molecule has 2 aromatic carbocycles. The maximum absolute atomic E-state index is 13.5. The largest absolute Gasteiger partial charge is 0.454 e.